The van der Waals surface area contributed by atoms with Crippen molar-refractivity contribution in [3.8, 4) is 0 Å². The summed E-state index contributed by atoms with van der Waals surface area (Å²) in [7, 11) is 0. The number of carbonyl (C=O) groups excluding carboxylic acids is 5. The molecule has 1 heterocycles. The van der Waals surface area contributed by atoms with E-state index in [2.05, 4.69) is 5.32 Å². The van der Waals surface area contributed by atoms with Crippen LogP contribution in [0.15, 0.2) is 30.3 Å². The summed E-state index contributed by atoms with van der Waals surface area (Å²) in [6.45, 7) is 4.83. The molecule has 3 amide bonds. The minimum absolute atomic E-state index is 0.0308. The molecule has 162 valence electrons. The lowest BCUT2D eigenvalue weighted by molar-refractivity contribution is -0.199. The molecule has 0 aliphatic carbocycles. The Morgan fingerprint density at radius 1 is 1.07 bits per heavy atom. The van der Waals surface area contributed by atoms with E-state index in [-0.39, 0.29) is 19.4 Å². The molecule has 0 aromatic heterocycles. The van der Waals surface area contributed by atoms with Crippen molar-refractivity contribution in [1.82, 2.24) is 10.4 Å². The topological polar surface area (TPSA) is 128 Å². The number of hydroxylamine groups is 2. The highest BCUT2D eigenvalue weighted by atomic mass is 16.7. The molecule has 1 saturated heterocycles. The molecule has 0 unspecified atom stereocenters. The van der Waals surface area contributed by atoms with Crippen LogP contribution in [0, 0.1) is 0 Å². The number of carbonyl (C=O) groups is 5. The van der Waals surface area contributed by atoms with Gasteiger partial charge in [0.1, 0.15) is 18.2 Å². The summed E-state index contributed by atoms with van der Waals surface area (Å²) in [6, 6.07) is 7.34. The number of alkyl carbamates (subject to hydrolysis) is 1. The Bertz CT molecular complexity index is 800. The molecule has 1 fully saturated rings. The van der Waals surface area contributed by atoms with E-state index in [1.54, 1.807) is 45.0 Å². The van der Waals surface area contributed by atoms with E-state index < -0.39 is 47.9 Å². The maximum atomic E-state index is 12.5. The molecule has 30 heavy (non-hydrogen) atoms. The molecular weight excluding hydrogens is 396 g/mol. The first kappa shape index (κ1) is 22.9. The van der Waals surface area contributed by atoms with Crippen LogP contribution >= 0.6 is 0 Å². The molecule has 0 spiro atoms. The van der Waals surface area contributed by atoms with Gasteiger partial charge in [-0.1, -0.05) is 30.3 Å². The maximum absolute atomic E-state index is 12.5. The van der Waals surface area contributed by atoms with E-state index in [1.165, 1.54) is 0 Å². The number of amides is 3. The Labute approximate surface area is 173 Å². The average molecular weight is 420 g/mol. The van der Waals surface area contributed by atoms with E-state index in [0.29, 0.717) is 5.06 Å². The number of esters is 1. The van der Waals surface area contributed by atoms with Gasteiger partial charge in [-0.3, -0.25) is 14.4 Å². The van der Waals surface area contributed by atoms with E-state index >= 15 is 0 Å². The van der Waals surface area contributed by atoms with Gasteiger partial charge in [-0.15, -0.1) is 5.06 Å². The van der Waals surface area contributed by atoms with Gasteiger partial charge in [0.05, 0.1) is 6.42 Å². The predicted molar refractivity (Wildman–Crippen MR) is 101 cm³/mol. The highest BCUT2D eigenvalue weighted by molar-refractivity contribution is 6.02. The van der Waals surface area contributed by atoms with Crippen LogP contribution in [0.4, 0.5) is 4.79 Å². The number of rotatable bonds is 7. The normalized spacial score (nSPS) is 14.8. The quantitative estimate of drug-likeness (QED) is 0.521. The van der Waals surface area contributed by atoms with Gasteiger partial charge >= 0.3 is 18.0 Å². The average Bonchev–Trinajstić information content (AvgIpc) is 2.97. The number of imide groups is 1. The van der Waals surface area contributed by atoms with E-state index in [4.69, 9.17) is 14.3 Å². The summed E-state index contributed by atoms with van der Waals surface area (Å²) in [6.07, 6.45) is -1.73. The fourth-order valence-corrected chi connectivity index (χ4v) is 2.42. The Kier molecular flexibility index (Phi) is 7.51. The molecule has 1 N–H and O–H groups in total. The zero-order chi connectivity index (χ0) is 22.3. The zero-order valence-corrected chi connectivity index (χ0v) is 17.0. The molecule has 2 rings (SSSR count). The SMILES string of the molecule is CC(C)(C)OC(=O)N[C@@H](CC(=O)OCc1ccccc1)C(=O)ON1C(=O)CCC1=O. The minimum Gasteiger partial charge on any atom is -0.461 e. The number of ether oxygens (including phenoxy) is 2. The molecule has 1 atom stereocenters. The van der Waals surface area contributed by atoms with Crippen LogP contribution in [0.1, 0.15) is 45.6 Å². The van der Waals surface area contributed by atoms with Gasteiger partial charge < -0.3 is 19.6 Å². The fourth-order valence-electron chi connectivity index (χ4n) is 2.42. The fraction of sp³-hybridized carbons (Fsp3) is 0.450. The summed E-state index contributed by atoms with van der Waals surface area (Å²) < 4.78 is 10.2. The molecule has 0 radical (unpaired) electrons. The Hall–Kier alpha value is -3.43. The lowest BCUT2D eigenvalue weighted by atomic mass is 10.2. The van der Waals surface area contributed by atoms with Crippen molar-refractivity contribution >= 4 is 29.8 Å². The van der Waals surface area contributed by atoms with E-state index in [9.17, 15) is 24.0 Å². The predicted octanol–water partition coefficient (Wildman–Crippen LogP) is 1.62. The maximum Gasteiger partial charge on any atom is 0.408 e. The molecule has 10 heteroatoms. The third kappa shape index (κ3) is 7.19. The van der Waals surface area contributed by atoms with Crippen LogP contribution in [0.3, 0.4) is 0 Å². The van der Waals surface area contributed by atoms with Crippen molar-refractivity contribution in [2.24, 2.45) is 0 Å². The molecule has 1 aliphatic rings. The van der Waals surface area contributed by atoms with Crippen LogP contribution < -0.4 is 5.32 Å². The van der Waals surface area contributed by atoms with Crippen molar-refractivity contribution in [1.29, 1.82) is 0 Å². The number of nitrogens with zero attached hydrogens (tertiary/aromatic N) is 1. The lowest BCUT2D eigenvalue weighted by Crippen LogP contribution is -2.48. The van der Waals surface area contributed by atoms with Crippen LogP contribution in [-0.4, -0.2) is 46.6 Å². The monoisotopic (exact) mass is 420 g/mol. The first-order valence-corrected chi connectivity index (χ1v) is 9.32. The van der Waals surface area contributed by atoms with Crippen LogP contribution in [0.2, 0.25) is 0 Å². The van der Waals surface area contributed by atoms with Gasteiger partial charge in [0.2, 0.25) is 0 Å². The number of hydrogen-bond acceptors (Lipinski definition) is 8. The van der Waals surface area contributed by atoms with Gasteiger partial charge in [0, 0.05) is 12.8 Å². The molecular formula is C20H24N2O8. The Morgan fingerprint density at radius 3 is 2.23 bits per heavy atom. The van der Waals surface area contributed by atoms with E-state index in [0.717, 1.165) is 5.56 Å². The van der Waals surface area contributed by atoms with Gasteiger partial charge in [0.25, 0.3) is 11.8 Å². The van der Waals surface area contributed by atoms with Crippen LogP contribution in [0.5, 0.6) is 0 Å². The largest absolute Gasteiger partial charge is 0.461 e. The van der Waals surface area contributed by atoms with Crippen molar-refractivity contribution < 1.29 is 38.3 Å². The summed E-state index contributed by atoms with van der Waals surface area (Å²) in [5, 5.41) is 2.55. The Morgan fingerprint density at radius 2 is 1.67 bits per heavy atom. The third-order valence-electron chi connectivity index (χ3n) is 3.78. The van der Waals surface area contributed by atoms with Crippen LogP contribution in [0.25, 0.3) is 0 Å². The zero-order valence-electron chi connectivity index (χ0n) is 17.0. The smallest absolute Gasteiger partial charge is 0.408 e. The Balaban J connectivity index is 2.02. The first-order valence-electron chi connectivity index (χ1n) is 9.32. The van der Waals surface area contributed by atoms with Gasteiger partial charge in [-0.2, -0.15) is 0 Å². The third-order valence-corrected chi connectivity index (χ3v) is 3.78. The van der Waals surface area contributed by atoms with Crippen molar-refractivity contribution in [3.63, 3.8) is 0 Å². The molecule has 0 saturated carbocycles. The van der Waals surface area contributed by atoms with Gasteiger partial charge in [-0.25, -0.2) is 9.59 Å². The van der Waals surface area contributed by atoms with Gasteiger partial charge in [0.15, 0.2) is 0 Å². The second kappa shape index (κ2) is 9.86. The summed E-state index contributed by atoms with van der Waals surface area (Å²) >= 11 is 0. The number of hydrogen-bond donors (Lipinski definition) is 1. The molecule has 0 bridgehead atoms. The molecule has 1 aromatic carbocycles. The summed E-state index contributed by atoms with van der Waals surface area (Å²) in [5.41, 5.74) is -0.119. The van der Waals surface area contributed by atoms with E-state index in [1.807, 2.05) is 6.07 Å². The second-order valence-corrected chi connectivity index (χ2v) is 7.54. The van der Waals surface area contributed by atoms with Crippen molar-refractivity contribution in [3.05, 3.63) is 35.9 Å². The highest BCUT2D eigenvalue weighted by Gasteiger charge is 2.36. The number of benzene rings is 1. The van der Waals surface area contributed by atoms with Crippen LogP contribution in [-0.2, 0) is 40.1 Å². The highest BCUT2D eigenvalue weighted by Crippen LogP contribution is 2.14. The molecule has 1 aromatic rings. The summed E-state index contributed by atoms with van der Waals surface area (Å²) in [4.78, 5) is 64.8. The minimum atomic E-state index is -1.52. The van der Waals surface area contributed by atoms with Crippen molar-refractivity contribution in [2.45, 2.75) is 58.3 Å². The summed E-state index contributed by atoms with van der Waals surface area (Å²) in [5.74, 6) is -3.33. The first-order chi connectivity index (χ1) is 14.0. The number of nitrogens with one attached hydrogen (secondary N) is 1. The standard InChI is InChI=1S/C20H24N2O8/c1-20(2,3)29-19(27)21-14(18(26)30-22-15(23)9-10-16(22)24)11-17(25)28-12-13-7-5-4-6-8-13/h4-8,14H,9-12H2,1-3H3,(H,21,27)/t14-/m0/s1. The van der Waals surface area contributed by atoms with Gasteiger partial charge in [-0.05, 0) is 26.3 Å². The lowest BCUT2D eigenvalue weighted by Gasteiger charge is -2.23. The van der Waals surface area contributed by atoms with Crippen molar-refractivity contribution in [2.75, 3.05) is 0 Å². The molecule has 10 nitrogen and oxygen atoms in total. The second-order valence-electron chi connectivity index (χ2n) is 7.54. The molecule has 1 aliphatic heterocycles.